The predicted molar refractivity (Wildman–Crippen MR) is 110 cm³/mol. The van der Waals surface area contributed by atoms with Crippen molar-refractivity contribution in [2.45, 2.75) is 19.4 Å². The Kier molecular flexibility index (Phi) is 3.90. The summed E-state index contributed by atoms with van der Waals surface area (Å²) in [6, 6.07) is 25.3. The van der Waals surface area contributed by atoms with E-state index in [9.17, 15) is 5.11 Å². The molecule has 124 valence electrons. The number of benzene rings is 4. The normalized spacial score (nSPS) is 12.0. The Labute approximate surface area is 156 Å². The summed E-state index contributed by atoms with van der Waals surface area (Å²) in [5.74, 6) is 0. The van der Waals surface area contributed by atoms with Gasteiger partial charge in [-0.05, 0) is 64.2 Å². The van der Waals surface area contributed by atoms with Crippen LogP contribution in [-0.2, 0) is 5.60 Å². The smallest absolute Gasteiger partial charge is 0.0846 e. The molecule has 1 nitrogen and oxygen atoms in total. The van der Waals surface area contributed by atoms with Gasteiger partial charge < -0.3 is 5.11 Å². The van der Waals surface area contributed by atoms with Gasteiger partial charge in [-0.15, -0.1) is 0 Å². The average Bonchev–Trinajstić information content (AvgIpc) is 2.60. The van der Waals surface area contributed by atoms with Gasteiger partial charge >= 0.3 is 0 Å². The Morgan fingerprint density at radius 1 is 0.720 bits per heavy atom. The molecule has 0 atom stereocenters. The largest absolute Gasteiger partial charge is 0.386 e. The maximum atomic E-state index is 10.7. The van der Waals surface area contributed by atoms with Gasteiger partial charge in [0.25, 0.3) is 0 Å². The van der Waals surface area contributed by atoms with Gasteiger partial charge in [-0.1, -0.05) is 76.6 Å². The van der Waals surface area contributed by atoms with Crippen LogP contribution in [0.1, 0.15) is 19.4 Å². The molecule has 4 aromatic carbocycles. The lowest BCUT2D eigenvalue weighted by molar-refractivity contribution is 0.0791. The number of rotatable bonds is 2. The van der Waals surface area contributed by atoms with Crippen LogP contribution < -0.4 is 0 Å². The molecule has 0 aromatic heterocycles. The van der Waals surface area contributed by atoms with Gasteiger partial charge in [-0.2, -0.15) is 0 Å². The van der Waals surface area contributed by atoms with Gasteiger partial charge in [0.2, 0.25) is 0 Å². The average molecular weight is 391 g/mol. The number of halogens is 1. The van der Waals surface area contributed by atoms with Crippen molar-refractivity contribution in [1.29, 1.82) is 0 Å². The molecule has 0 fully saturated rings. The zero-order valence-electron chi connectivity index (χ0n) is 14.3. The molecular weight excluding hydrogens is 372 g/mol. The van der Waals surface area contributed by atoms with E-state index in [1.54, 1.807) is 0 Å². The van der Waals surface area contributed by atoms with E-state index in [4.69, 9.17) is 0 Å². The van der Waals surface area contributed by atoms with Gasteiger partial charge in [0.05, 0.1) is 5.60 Å². The standard InChI is InChI=1S/C23H19BrO/c1-23(2,25)22-14-16(24)11-13-21(22)19-9-5-8-18-17-7-4-3-6-15(17)10-12-20(18)19/h3-14,25H,1-2H3. The minimum absolute atomic E-state index is 0.919. The lowest BCUT2D eigenvalue weighted by atomic mass is 9.87. The van der Waals surface area contributed by atoms with E-state index in [0.29, 0.717) is 0 Å². The monoisotopic (exact) mass is 390 g/mol. The van der Waals surface area contributed by atoms with Crippen LogP contribution >= 0.6 is 15.9 Å². The van der Waals surface area contributed by atoms with Gasteiger partial charge in [0, 0.05) is 4.47 Å². The van der Waals surface area contributed by atoms with Crippen LogP contribution in [-0.4, -0.2) is 5.11 Å². The van der Waals surface area contributed by atoms with Crippen molar-refractivity contribution in [2.24, 2.45) is 0 Å². The summed E-state index contributed by atoms with van der Waals surface area (Å²) in [6.45, 7) is 3.66. The molecule has 0 unspecified atom stereocenters. The van der Waals surface area contributed by atoms with Gasteiger partial charge in [-0.25, -0.2) is 0 Å². The van der Waals surface area contributed by atoms with Crippen LogP contribution in [0.15, 0.2) is 77.3 Å². The first-order valence-electron chi connectivity index (χ1n) is 8.38. The number of hydrogen-bond acceptors (Lipinski definition) is 1. The van der Waals surface area contributed by atoms with Crippen molar-refractivity contribution < 1.29 is 5.11 Å². The molecule has 0 spiro atoms. The minimum atomic E-state index is -0.919. The number of fused-ring (bicyclic) bond motifs is 3. The topological polar surface area (TPSA) is 20.2 Å². The van der Waals surface area contributed by atoms with Crippen LogP contribution in [0, 0.1) is 0 Å². The highest BCUT2D eigenvalue weighted by Gasteiger charge is 2.22. The zero-order valence-corrected chi connectivity index (χ0v) is 15.8. The summed E-state index contributed by atoms with van der Waals surface area (Å²) in [5.41, 5.74) is 2.21. The molecule has 0 saturated carbocycles. The lowest BCUT2D eigenvalue weighted by Gasteiger charge is -2.23. The Hall–Kier alpha value is -2.16. The molecule has 25 heavy (non-hydrogen) atoms. The molecule has 1 N–H and O–H groups in total. The van der Waals surface area contributed by atoms with Gasteiger partial charge in [-0.3, -0.25) is 0 Å². The first-order chi connectivity index (χ1) is 11.9. The summed E-state index contributed by atoms with van der Waals surface area (Å²) < 4.78 is 0.971. The van der Waals surface area contributed by atoms with Crippen LogP contribution in [0.3, 0.4) is 0 Å². The van der Waals surface area contributed by atoms with E-state index in [-0.39, 0.29) is 0 Å². The van der Waals surface area contributed by atoms with E-state index >= 15 is 0 Å². The van der Waals surface area contributed by atoms with E-state index in [1.165, 1.54) is 21.5 Å². The molecule has 0 radical (unpaired) electrons. The minimum Gasteiger partial charge on any atom is -0.386 e. The summed E-state index contributed by atoms with van der Waals surface area (Å²) in [7, 11) is 0. The van der Waals surface area contributed by atoms with Crippen LogP contribution in [0.2, 0.25) is 0 Å². The molecular formula is C23H19BrO. The van der Waals surface area contributed by atoms with Gasteiger partial charge in [0.15, 0.2) is 0 Å². The van der Waals surface area contributed by atoms with Crippen molar-refractivity contribution in [2.75, 3.05) is 0 Å². The highest BCUT2D eigenvalue weighted by atomic mass is 79.9. The molecule has 0 amide bonds. The van der Waals surface area contributed by atoms with Crippen molar-refractivity contribution in [3.8, 4) is 11.1 Å². The second kappa shape index (κ2) is 5.98. The fourth-order valence-electron chi connectivity index (χ4n) is 3.53. The summed E-state index contributed by atoms with van der Waals surface area (Å²) >= 11 is 3.53. The molecule has 0 heterocycles. The molecule has 0 aliphatic carbocycles. The fourth-order valence-corrected chi connectivity index (χ4v) is 3.89. The van der Waals surface area contributed by atoms with E-state index < -0.39 is 5.60 Å². The van der Waals surface area contributed by atoms with Crippen LogP contribution in [0.4, 0.5) is 0 Å². The fraction of sp³-hybridized carbons (Fsp3) is 0.130. The highest BCUT2D eigenvalue weighted by molar-refractivity contribution is 9.10. The third-order valence-electron chi connectivity index (χ3n) is 4.72. The molecule has 4 rings (SSSR count). The Balaban J connectivity index is 2.08. The molecule has 0 aliphatic heterocycles. The molecule has 2 heteroatoms. The van der Waals surface area contributed by atoms with Crippen LogP contribution in [0.5, 0.6) is 0 Å². The summed E-state index contributed by atoms with van der Waals surface area (Å²) in [4.78, 5) is 0. The van der Waals surface area contributed by atoms with E-state index in [2.05, 4.69) is 76.6 Å². The zero-order chi connectivity index (χ0) is 17.6. The number of hydrogen-bond donors (Lipinski definition) is 1. The SMILES string of the molecule is CC(C)(O)c1cc(Br)ccc1-c1cccc2c1ccc1ccccc12. The highest BCUT2D eigenvalue weighted by Crippen LogP contribution is 2.38. The summed E-state index contributed by atoms with van der Waals surface area (Å²) in [6.07, 6.45) is 0. The van der Waals surface area contributed by atoms with E-state index in [1.807, 2.05) is 26.0 Å². The molecule has 4 aromatic rings. The predicted octanol–water partition coefficient (Wildman–Crippen LogP) is 6.65. The quantitative estimate of drug-likeness (QED) is 0.379. The van der Waals surface area contributed by atoms with Crippen LogP contribution in [0.25, 0.3) is 32.7 Å². The maximum absolute atomic E-state index is 10.7. The molecule has 0 bridgehead atoms. The van der Waals surface area contributed by atoms with Gasteiger partial charge in [0.1, 0.15) is 0 Å². The molecule has 0 saturated heterocycles. The Morgan fingerprint density at radius 3 is 2.28 bits per heavy atom. The Morgan fingerprint density at radius 2 is 1.48 bits per heavy atom. The first-order valence-corrected chi connectivity index (χ1v) is 9.18. The third kappa shape index (κ3) is 2.86. The van der Waals surface area contributed by atoms with E-state index in [0.717, 1.165) is 21.2 Å². The maximum Gasteiger partial charge on any atom is 0.0846 e. The van der Waals surface area contributed by atoms with Crippen molar-refractivity contribution in [3.05, 3.63) is 82.8 Å². The van der Waals surface area contributed by atoms with Crippen molar-refractivity contribution in [1.82, 2.24) is 0 Å². The number of aliphatic hydroxyl groups is 1. The lowest BCUT2D eigenvalue weighted by Crippen LogP contribution is -2.16. The molecule has 0 aliphatic rings. The second-order valence-electron chi connectivity index (χ2n) is 6.94. The summed E-state index contributed by atoms with van der Waals surface area (Å²) in [5, 5.41) is 15.6. The van der Waals surface area contributed by atoms with Crippen molar-refractivity contribution in [3.63, 3.8) is 0 Å². The van der Waals surface area contributed by atoms with Crippen molar-refractivity contribution >= 4 is 37.5 Å². The first kappa shape index (κ1) is 16.3. The Bertz CT molecular complexity index is 1090. The second-order valence-corrected chi connectivity index (χ2v) is 7.85. The third-order valence-corrected chi connectivity index (χ3v) is 5.21.